The van der Waals surface area contributed by atoms with Gasteiger partial charge >= 0.3 is 0 Å². The summed E-state index contributed by atoms with van der Waals surface area (Å²) in [5.41, 5.74) is 0.665. The Kier molecular flexibility index (Phi) is 5.01. The second kappa shape index (κ2) is 7.36. The maximum Gasteiger partial charge on any atom is 0.229 e. The van der Waals surface area contributed by atoms with E-state index in [2.05, 4.69) is 35.1 Å². The van der Waals surface area contributed by atoms with Crippen LogP contribution in [0.15, 0.2) is 51.3 Å². The van der Waals surface area contributed by atoms with Gasteiger partial charge in [-0.15, -0.1) is 11.3 Å². The Morgan fingerprint density at radius 2 is 2.09 bits per heavy atom. The van der Waals surface area contributed by atoms with Crippen LogP contribution in [0, 0.1) is 0 Å². The summed E-state index contributed by atoms with van der Waals surface area (Å²) in [5, 5.41) is 4.87. The van der Waals surface area contributed by atoms with Crippen molar-refractivity contribution in [1.29, 1.82) is 0 Å². The van der Waals surface area contributed by atoms with Crippen molar-refractivity contribution in [3.63, 3.8) is 0 Å². The van der Waals surface area contributed by atoms with Crippen molar-refractivity contribution in [2.75, 3.05) is 0 Å². The molecule has 0 saturated carbocycles. The molecule has 0 fully saturated rings. The van der Waals surface area contributed by atoms with E-state index in [0.717, 1.165) is 29.1 Å². The topological polar surface area (TPSA) is 38.4 Å². The molecule has 0 bridgehead atoms. The predicted octanol–water partition coefficient (Wildman–Crippen LogP) is 5.24. The molecule has 0 amide bonds. The average Bonchev–Trinajstić information content (AvgIpc) is 3.05. The van der Waals surface area contributed by atoms with Gasteiger partial charge in [0.1, 0.15) is 5.76 Å². The lowest BCUT2D eigenvalue weighted by Gasteiger charge is -2.04. The first kappa shape index (κ1) is 15.0. The summed E-state index contributed by atoms with van der Waals surface area (Å²) >= 11 is 1.52. The van der Waals surface area contributed by atoms with Gasteiger partial charge in [0.25, 0.3) is 0 Å². The van der Waals surface area contributed by atoms with E-state index in [1.165, 1.54) is 36.0 Å². The van der Waals surface area contributed by atoms with Crippen LogP contribution in [-0.4, -0.2) is 4.98 Å². The number of rotatable bonds is 6. The lowest BCUT2D eigenvalue weighted by Crippen LogP contribution is -2.04. The molecule has 0 aliphatic rings. The highest BCUT2D eigenvalue weighted by atomic mass is 32.1. The fourth-order valence-corrected chi connectivity index (χ4v) is 2.99. The molecular formula is C18H20N2OS. The fourth-order valence-electron chi connectivity index (χ4n) is 2.49. The fraction of sp³-hybridized carbons (Fsp3) is 0.333. The first-order chi connectivity index (χ1) is 10.9. The van der Waals surface area contributed by atoms with Gasteiger partial charge in [0.05, 0.1) is 0 Å². The molecule has 22 heavy (non-hydrogen) atoms. The smallest absolute Gasteiger partial charge is 0.229 e. The Balaban J connectivity index is 1.98. The van der Waals surface area contributed by atoms with Gasteiger partial charge in [-0.1, -0.05) is 44.4 Å². The molecule has 2 heterocycles. The molecule has 0 saturated heterocycles. The lowest BCUT2D eigenvalue weighted by atomic mass is 10.1. The van der Waals surface area contributed by atoms with Crippen molar-refractivity contribution in [3.8, 4) is 0 Å². The highest BCUT2D eigenvalue weighted by Crippen LogP contribution is 2.17. The third kappa shape index (κ3) is 3.63. The molecule has 0 atom stereocenters. The van der Waals surface area contributed by atoms with Crippen LogP contribution in [0.25, 0.3) is 10.8 Å². The third-order valence-electron chi connectivity index (χ3n) is 3.63. The number of hydrogen-bond acceptors (Lipinski definition) is 4. The minimum atomic E-state index is 0.665. The van der Waals surface area contributed by atoms with E-state index >= 15 is 0 Å². The molecule has 0 spiro atoms. The summed E-state index contributed by atoms with van der Waals surface area (Å²) in [6.45, 7) is 2.23. The van der Waals surface area contributed by atoms with Crippen molar-refractivity contribution in [2.24, 2.45) is 4.99 Å². The highest BCUT2D eigenvalue weighted by Gasteiger charge is 2.04. The van der Waals surface area contributed by atoms with E-state index in [1.54, 1.807) is 6.20 Å². The van der Waals surface area contributed by atoms with Gasteiger partial charge in [-0.2, -0.15) is 4.99 Å². The minimum Gasteiger partial charge on any atom is -0.443 e. The Bertz CT molecular complexity index is 790. The van der Waals surface area contributed by atoms with Gasteiger partial charge < -0.3 is 4.42 Å². The molecule has 2 aromatic heterocycles. The number of unbranched alkanes of at least 4 members (excludes halogenated alkanes) is 3. The summed E-state index contributed by atoms with van der Waals surface area (Å²) in [7, 11) is 0. The molecule has 0 aliphatic heterocycles. The summed E-state index contributed by atoms with van der Waals surface area (Å²) in [4.78, 5) is 8.80. The third-order valence-corrected chi connectivity index (χ3v) is 4.29. The molecule has 1 aromatic carbocycles. The van der Waals surface area contributed by atoms with Gasteiger partial charge in [-0.25, -0.2) is 4.98 Å². The zero-order valence-electron chi connectivity index (χ0n) is 12.8. The highest BCUT2D eigenvalue weighted by molar-refractivity contribution is 7.13. The second-order valence-corrected chi connectivity index (χ2v) is 6.22. The van der Waals surface area contributed by atoms with E-state index < -0.39 is 0 Å². The maximum atomic E-state index is 6.04. The van der Waals surface area contributed by atoms with Crippen LogP contribution in [0.1, 0.15) is 38.4 Å². The first-order valence-corrected chi connectivity index (χ1v) is 8.71. The van der Waals surface area contributed by atoms with Crippen LogP contribution >= 0.6 is 11.3 Å². The van der Waals surface area contributed by atoms with Crippen molar-refractivity contribution >= 4 is 27.2 Å². The summed E-state index contributed by atoms with van der Waals surface area (Å²) in [6.07, 6.45) is 7.67. The van der Waals surface area contributed by atoms with Gasteiger partial charge in [-0.3, -0.25) is 0 Å². The minimum absolute atomic E-state index is 0.665. The quantitative estimate of drug-likeness (QED) is 0.583. The average molecular weight is 312 g/mol. The summed E-state index contributed by atoms with van der Waals surface area (Å²) in [6, 6.07) is 10.4. The Labute approximate surface area is 134 Å². The van der Waals surface area contributed by atoms with E-state index in [0.29, 0.717) is 5.55 Å². The van der Waals surface area contributed by atoms with E-state index in [4.69, 9.17) is 4.42 Å². The molecule has 3 rings (SSSR count). The normalized spacial score (nSPS) is 12.1. The monoisotopic (exact) mass is 312 g/mol. The van der Waals surface area contributed by atoms with Crippen LogP contribution < -0.4 is 5.55 Å². The van der Waals surface area contributed by atoms with Crippen molar-refractivity contribution in [1.82, 2.24) is 4.98 Å². The molecule has 3 aromatic rings. The largest absolute Gasteiger partial charge is 0.443 e. The SMILES string of the molecule is CCCCCCc1cc2ccccc2/c(=N/c2nccs2)o1. The number of benzene rings is 1. The Morgan fingerprint density at radius 1 is 1.18 bits per heavy atom. The van der Waals surface area contributed by atoms with Crippen LogP contribution in [-0.2, 0) is 6.42 Å². The number of aromatic nitrogens is 1. The van der Waals surface area contributed by atoms with Gasteiger partial charge in [0.2, 0.25) is 10.7 Å². The van der Waals surface area contributed by atoms with Gasteiger partial charge in [-0.05, 0) is 23.9 Å². The van der Waals surface area contributed by atoms with Gasteiger partial charge in [0, 0.05) is 23.4 Å². The van der Waals surface area contributed by atoms with Crippen LogP contribution in [0.5, 0.6) is 0 Å². The lowest BCUT2D eigenvalue weighted by molar-refractivity contribution is 0.446. The molecule has 114 valence electrons. The summed E-state index contributed by atoms with van der Waals surface area (Å²) < 4.78 is 6.04. The molecule has 0 unspecified atom stereocenters. The number of nitrogens with zero attached hydrogens (tertiary/aromatic N) is 2. The van der Waals surface area contributed by atoms with Crippen molar-refractivity contribution in [3.05, 3.63) is 53.2 Å². The standard InChI is InChI=1S/C18H20N2OS/c1-2-3-4-5-9-15-13-14-8-6-7-10-16(14)17(21-15)20-18-19-11-12-22-18/h6-8,10-13H,2-5,9H2,1H3/b20-17-. The van der Waals surface area contributed by atoms with Crippen LogP contribution in [0.2, 0.25) is 0 Å². The molecule has 3 nitrogen and oxygen atoms in total. The Hall–Kier alpha value is -1.94. The predicted molar refractivity (Wildman–Crippen MR) is 91.4 cm³/mol. The second-order valence-electron chi connectivity index (χ2n) is 5.34. The van der Waals surface area contributed by atoms with Crippen molar-refractivity contribution in [2.45, 2.75) is 39.0 Å². The number of aryl methyl sites for hydroxylation is 1. The Morgan fingerprint density at radius 3 is 2.91 bits per heavy atom. The molecular weight excluding hydrogens is 292 g/mol. The zero-order valence-corrected chi connectivity index (χ0v) is 13.6. The van der Waals surface area contributed by atoms with Crippen LogP contribution in [0.4, 0.5) is 5.13 Å². The number of fused-ring (bicyclic) bond motifs is 1. The number of thiazole rings is 1. The van der Waals surface area contributed by atoms with Crippen molar-refractivity contribution < 1.29 is 4.42 Å². The zero-order chi connectivity index (χ0) is 15.2. The van der Waals surface area contributed by atoms with Crippen LogP contribution in [0.3, 0.4) is 0 Å². The van der Waals surface area contributed by atoms with E-state index in [9.17, 15) is 0 Å². The summed E-state index contributed by atoms with van der Waals surface area (Å²) in [5.74, 6) is 1.00. The van der Waals surface area contributed by atoms with E-state index in [1.807, 2.05) is 17.5 Å². The molecule has 0 N–H and O–H groups in total. The molecule has 4 heteroatoms. The van der Waals surface area contributed by atoms with E-state index in [-0.39, 0.29) is 0 Å². The maximum absolute atomic E-state index is 6.04. The van der Waals surface area contributed by atoms with Gasteiger partial charge in [0.15, 0.2) is 0 Å². The number of hydrogen-bond donors (Lipinski definition) is 0. The first-order valence-electron chi connectivity index (χ1n) is 7.83. The molecule has 0 aliphatic carbocycles. The molecule has 0 radical (unpaired) electrons.